The molecule has 3 N–H and O–H groups in total. The lowest BCUT2D eigenvalue weighted by Gasteiger charge is -2.40. The van der Waals surface area contributed by atoms with Gasteiger partial charge in [0.1, 0.15) is 11.3 Å². The summed E-state index contributed by atoms with van der Waals surface area (Å²) in [5.41, 5.74) is 5.76. The number of amides is 2. The van der Waals surface area contributed by atoms with E-state index in [-0.39, 0.29) is 29.4 Å². The van der Waals surface area contributed by atoms with Crippen LogP contribution < -0.4 is 11.1 Å². The summed E-state index contributed by atoms with van der Waals surface area (Å²) in [5, 5.41) is 2.39. The van der Waals surface area contributed by atoms with E-state index >= 15 is 0 Å². The van der Waals surface area contributed by atoms with Crippen molar-refractivity contribution in [2.24, 2.45) is 17.6 Å². The molecule has 2 aliphatic heterocycles. The molecule has 3 rings (SSSR count). The highest BCUT2D eigenvalue weighted by Gasteiger charge is 2.47. The molecule has 3 unspecified atom stereocenters. The predicted octanol–water partition coefficient (Wildman–Crippen LogP) is -0.289. The Bertz CT molecular complexity index is 581. The van der Waals surface area contributed by atoms with Crippen LogP contribution in [-0.2, 0) is 14.4 Å². The Hall–Kier alpha value is -1.95. The van der Waals surface area contributed by atoms with Crippen LogP contribution >= 0.6 is 0 Å². The standard InChI is InChI=1S/C15H19N3O3/c1-15(5-4-12(19)17-14(15)21)18-7-10-3-2-9(6-16)13(20)11(10)8-18/h2-3,7,9,11H,4-6,8,16H2,1H3,(H,17,19,21). The van der Waals surface area contributed by atoms with E-state index in [9.17, 15) is 14.4 Å². The number of imide groups is 1. The number of carbonyl (C=O) groups excluding carboxylic acids is 3. The molecule has 6 heteroatoms. The van der Waals surface area contributed by atoms with Crippen molar-refractivity contribution < 1.29 is 14.4 Å². The first kappa shape index (κ1) is 14.0. The van der Waals surface area contributed by atoms with Crippen molar-refractivity contribution in [3.05, 3.63) is 23.9 Å². The minimum Gasteiger partial charge on any atom is -0.362 e. The summed E-state index contributed by atoms with van der Waals surface area (Å²) in [6.45, 7) is 2.61. The molecule has 112 valence electrons. The summed E-state index contributed by atoms with van der Waals surface area (Å²) in [6.07, 6.45) is 6.43. The molecule has 0 aromatic rings. The van der Waals surface area contributed by atoms with Crippen molar-refractivity contribution in [2.45, 2.75) is 25.3 Å². The van der Waals surface area contributed by atoms with E-state index in [4.69, 9.17) is 5.73 Å². The van der Waals surface area contributed by atoms with E-state index in [1.807, 2.05) is 30.2 Å². The van der Waals surface area contributed by atoms with E-state index in [0.29, 0.717) is 25.9 Å². The minimum atomic E-state index is -0.773. The number of hydrogen-bond donors (Lipinski definition) is 2. The molecule has 0 aromatic carbocycles. The van der Waals surface area contributed by atoms with Gasteiger partial charge in [0.05, 0.1) is 5.92 Å². The molecular weight excluding hydrogens is 270 g/mol. The maximum Gasteiger partial charge on any atom is 0.252 e. The number of rotatable bonds is 2. The Balaban J connectivity index is 1.84. The van der Waals surface area contributed by atoms with Crippen LogP contribution in [0.25, 0.3) is 0 Å². The van der Waals surface area contributed by atoms with Crippen molar-refractivity contribution in [2.75, 3.05) is 13.1 Å². The fraction of sp³-hybridized carbons (Fsp3) is 0.533. The molecule has 3 atom stereocenters. The predicted molar refractivity (Wildman–Crippen MR) is 75.8 cm³/mol. The van der Waals surface area contributed by atoms with Gasteiger partial charge in [0.25, 0.3) is 5.91 Å². The smallest absolute Gasteiger partial charge is 0.252 e. The summed E-state index contributed by atoms with van der Waals surface area (Å²) < 4.78 is 0. The van der Waals surface area contributed by atoms with Gasteiger partial charge in [-0.15, -0.1) is 0 Å². The number of nitrogens with one attached hydrogen (secondary N) is 1. The third-order valence-corrected chi connectivity index (χ3v) is 4.79. The second-order valence-electron chi connectivity index (χ2n) is 6.09. The first-order valence-electron chi connectivity index (χ1n) is 7.20. The van der Waals surface area contributed by atoms with Crippen molar-refractivity contribution in [1.29, 1.82) is 0 Å². The van der Waals surface area contributed by atoms with Crippen LogP contribution in [0.4, 0.5) is 0 Å². The topological polar surface area (TPSA) is 92.5 Å². The molecular formula is C15H19N3O3. The Morgan fingerprint density at radius 2 is 2.19 bits per heavy atom. The van der Waals surface area contributed by atoms with Gasteiger partial charge in [-0.25, -0.2) is 0 Å². The number of ketones is 1. The lowest BCUT2D eigenvalue weighted by atomic mass is 9.83. The number of Topliss-reactive ketones (excluding diaryl/α,β-unsaturated/α-hetero) is 1. The molecule has 2 amide bonds. The van der Waals surface area contributed by atoms with Gasteiger partial charge in [0.15, 0.2) is 0 Å². The molecule has 2 heterocycles. The molecule has 0 bridgehead atoms. The number of nitrogens with two attached hydrogens (primary N) is 1. The summed E-state index contributed by atoms with van der Waals surface area (Å²) in [5.74, 6) is -0.862. The van der Waals surface area contributed by atoms with E-state index < -0.39 is 5.54 Å². The van der Waals surface area contributed by atoms with Crippen molar-refractivity contribution >= 4 is 17.6 Å². The molecule has 6 nitrogen and oxygen atoms in total. The van der Waals surface area contributed by atoms with Gasteiger partial charge >= 0.3 is 0 Å². The highest BCUT2D eigenvalue weighted by Crippen LogP contribution is 2.36. The second kappa shape index (κ2) is 4.80. The highest BCUT2D eigenvalue weighted by atomic mass is 16.2. The Labute approximate surface area is 123 Å². The number of fused-ring (bicyclic) bond motifs is 1. The molecule has 0 aromatic heterocycles. The molecule has 0 spiro atoms. The van der Waals surface area contributed by atoms with E-state index in [0.717, 1.165) is 5.57 Å². The zero-order valence-corrected chi connectivity index (χ0v) is 12.0. The molecule has 1 aliphatic carbocycles. The zero-order chi connectivity index (χ0) is 15.2. The number of allylic oxidation sites excluding steroid dienone is 1. The molecule has 3 aliphatic rings. The maximum absolute atomic E-state index is 12.4. The highest BCUT2D eigenvalue weighted by molar-refractivity contribution is 6.02. The van der Waals surface area contributed by atoms with Gasteiger partial charge in [-0.1, -0.05) is 12.2 Å². The van der Waals surface area contributed by atoms with Gasteiger partial charge < -0.3 is 10.6 Å². The number of piperidine rings is 1. The summed E-state index contributed by atoms with van der Waals surface area (Å²) in [7, 11) is 0. The summed E-state index contributed by atoms with van der Waals surface area (Å²) in [4.78, 5) is 37.8. The Kier molecular flexibility index (Phi) is 3.20. The molecule has 0 radical (unpaired) electrons. The fourth-order valence-corrected chi connectivity index (χ4v) is 3.23. The summed E-state index contributed by atoms with van der Waals surface area (Å²) >= 11 is 0. The third kappa shape index (κ3) is 2.10. The van der Waals surface area contributed by atoms with Crippen molar-refractivity contribution in [1.82, 2.24) is 10.2 Å². The van der Waals surface area contributed by atoms with Gasteiger partial charge in [0, 0.05) is 31.6 Å². The minimum absolute atomic E-state index is 0.115. The maximum atomic E-state index is 12.4. The zero-order valence-electron chi connectivity index (χ0n) is 12.0. The molecule has 1 saturated heterocycles. The molecule has 21 heavy (non-hydrogen) atoms. The van der Waals surface area contributed by atoms with Crippen LogP contribution in [0.1, 0.15) is 19.8 Å². The van der Waals surface area contributed by atoms with Gasteiger partial charge in [-0.05, 0) is 18.9 Å². The van der Waals surface area contributed by atoms with E-state index in [1.165, 1.54) is 0 Å². The second-order valence-corrected chi connectivity index (χ2v) is 6.09. The first-order valence-corrected chi connectivity index (χ1v) is 7.20. The first-order chi connectivity index (χ1) is 9.95. The molecule has 0 saturated carbocycles. The van der Waals surface area contributed by atoms with Crippen molar-refractivity contribution in [3.63, 3.8) is 0 Å². The quantitative estimate of drug-likeness (QED) is 0.682. The average Bonchev–Trinajstić information content (AvgIpc) is 2.89. The Morgan fingerprint density at radius 3 is 2.86 bits per heavy atom. The normalized spacial score (nSPS) is 35.6. The van der Waals surface area contributed by atoms with Crippen LogP contribution in [0.2, 0.25) is 0 Å². The van der Waals surface area contributed by atoms with Crippen LogP contribution in [0.3, 0.4) is 0 Å². The lowest BCUT2D eigenvalue weighted by molar-refractivity contribution is -0.142. The van der Waals surface area contributed by atoms with Crippen LogP contribution in [-0.4, -0.2) is 41.1 Å². The average molecular weight is 289 g/mol. The monoisotopic (exact) mass is 289 g/mol. The number of carbonyl (C=O) groups is 3. The SMILES string of the molecule is CC1(N2C=C3C=CC(CN)C(=O)C3C2)CCC(=O)NC1=O. The van der Waals surface area contributed by atoms with Gasteiger partial charge in [-0.3, -0.25) is 19.7 Å². The number of hydrogen-bond acceptors (Lipinski definition) is 5. The number of nitrogens with zero attached hydrogens (tertiary/aromatic N) is 1. The molecule has 1 fully saturated rings. The Morgan fingerprint density at radius 1 is 1.43 bits per heavy atom. The van der Waals surface area contributed by atoms with Crippen molar-refractivity contribution in [3.8, 4) is 0 Å². The largest absolute Gasteiger partial charge is 0.362 e. The van der Waals surface area contributed by atoms with Gasteiger partial charge in [0.2, 0.25) is 5.91 Å². The van der Waals surface area contributed by atoms with E-state index in [2.05, 4.69) is 5.32 Å². The van der Waals surface area contributed by atoms with Gasteiger partial charge in [-0.2, -0.15) is 0 Å². The van der Waals surface area contributed by atoms with Crippen LogP contribution in [0.15, 0.2) is 23.9 Å². The van der Waals surface area contributed by atoms with Crippen LogP contribution in [0, 0.1) is 11.8 Å². The third-order valence-electron chi connectivity index (χ3n) is 4.79. The lowest BCUT2D eigenvalue weighted by Crippen LogP contribution is -2.59. The van der Waals surface area contributed by atoms with Crippen LogP contribution in [0.5, 0.6) is 0 Å². The van der Waals surface area contributed by atoms with E-state index in [1.54, 1.807) is 0 Å². The fourth-order valence-electron chi connectivity index (χ4n) is 3.23. The summed E-state index contributed by atoms with van der Waals surface area (Å²) in [6, 6.07) is 0.